The molecule has 3 aromatic rings. The molecule has 0 bridgehead atoms. The van der Waals surface area contributed by atoms with E-state index >= 15 is 0 Å². The van der Waals surface area contributed by atoms with E-state index in [9.17, 15) is 4.39 Å². The number of nitrogens with one attached hydrogen (secondary N) is 1. The summed E-state index contributed by atoms with van der Waals surface area (Å²) in [5, 5.41) is 11.5. The number of hydrogen-bond donors (Lipinski definition) is 1. The van der Waals surface area contributed by atoms with Crippen molar-refractivity contribution in [3.05, 3.63) is 66.6 Å². The molecule has 0 aliphatic carbocycles. The van der Waals surface area contributed by atoms with Crippen molar-refractivity contribution in [3.63, 3.8) is 0 Å². The molecule has 1 aliphatic rings. The van der Waals surface area contributed by atoms with Gasteiger partial charge in [0.1, 0.15) is 5.82 Å². The highest BCUT2D eigenvalue weighted by Crippen LogP contribution is 2.27. The van der Waals surface area contributed by atoms with E-state index in [2.05, 4.69) is 44.7 Å². The number of benzene rings is 2. The molecular weight excluding hydrogens is 315 g/mol. The zero-order chi connectivity index (χ0) is 17.1. The van der Waals surface area contributed by atoms with Crippen LogP contribution in [0.15, 0.2) is 60.8 Å². The number of hydrogen-bond acceptors (Lipinski definition) is 4. The van der Waals surface area contributed by atoms with E-state index in [4.69, 9.17) is 0 Å². The minimum Gasteiger partial charge on any atom is -0.369 e. The van der Waals surface area contributed by atoms with Gasteiger partial charge in [0, 0.05) is 43.0 Å². The van der Waals surface area contributed by atoms with Crippen molar-refractivity contribution >= 4 is 5.69 Å². The van der Waals surface area contributed by atoms with Gasteiger partial charge < -0.3 is 10.2 Å². The van der Waals surface area contributed by atoms with Crippen molar-refractivity contribution in [1.29, 1.82) is 0 Å². The Labute approximate surface area is 146 Å². The fraction of sp³-hybridized carbons (Fsp3) is 0.200. The first kappa shape index (κ1) is 15.7. The molecule has 1 saturated heterocycles. The predicted molar refractivity (Wildman–Crippen MR) is 97.9 cm³/mol. The van der Waals surface area contributed by atoms with Gasteiger partial charge in [-0.15, -0.1) is 0 Å². The molecule has 0 amide bonds. The molecule has 0 saturated carbocycles. The van der Waals surface area contributed by atoms with E-state index in [0.717, 1.165) is 37.3 Å². The summed E-state index contributed by atoms with van der Waals surface area (Å²) >= 11 is 0. The summed E-state index contributed by atoms with van der Waals surface area (Å²) in [4.78, 5) is 2.37. The lowest BCUT2D eigenvalue weighted by atomic mass is 10.0. The Morgan fingerprint density at radius 2 is 1.68 bits per heavy atom. The molecule has 1 aromatic heterocycles. The number of halogens is 1. The molecule has 0 spiro atoms. The van der Waals surface area contributed by atoms with Gasteiger partial charge in [-0.3, -0.25) is 0 Å². The lowest BCUT2D eigenvalue weighted by molar-refractivity contribution is 0.589. The molecule has 0 unspecified atom stereocenters. The third-order valence-corrected chi connectivity index (χ3v) is 4.49. The minimum absolute atomic E-state index is 0.289. The fourth-order valence-electron chi connectivity index (χ4n) is 3.11. The van der Waals surface area contributed by atoms with E-state index in [0.29, 0.717) is 11.3 Å². The van der Waals surface area contributed by atoms with Gasteiger partial charge in [0.25, 0.3) is 0 Å². The van der Waals surface area contributed by atoms with Gasteiger partial charge in [0.05, 0.1) is 11.9 Å². The average Bonchev–Trinajstić information content (AvgIpc) is 2.69. The number of aromatic nitrogens is 2. The smallest absolute Gasteiger partial charge is 0.132 e. The summed E-state index contributed by atoms with van der Waals surface area (Å²) in [6, 6.07) is 16.9. The fourth-order valence-corrected chi connectivity index (χ4v) is 3.11. The number of piperazine rings is 1. The Bertz CT molecular complexity index is 858. The van der Waals surface area contributed by atoms with Crippen molar-refractivity contribution in [1.82, 2.24) is 15.5 Å². The minimum atomic E-state index is -0.289. The largest absolute Gasteiger partial charge is 0.369 e. The molecule has 4 nitrogen and oxygen atoms in total. The average molecular weight is 334 g/mol. The number of nitrogens with zero attached hydrogens (tertiary/aromatic N) is 3. The number of rotatable bonds is 3. The molecule has 1 fully saturated rings. The second-order valence-corrected chi connectivity index (χ2v) is 6.09. The van der Waals surface area contributed by atoms with Gasteiger partial charge in [-0.25, -0.2) is 4.39 Å². The summed E-state index contributed by atoms with van der Waals surface area (Å²) in [6.07, 6.45) is 1.71. The highest BCUT2D eigenvalue weighted by atomic mass is 19.1. The third-order valence-electron chi connectivity index (χ3n) is 4.49. The van der Waals surface area contributed by atoms with Gasteiger partial charge in [-0.2, -0.15) is 10.2 Å². The summed E-state index contributed by atoms with van der Waals surface area (Å²) in [5.74, 6) is -0.289. The van der Waals surface area contributed by atoms with Crippen LogP contribution in [0.25, 0.3) is 22.4 Å². The zero-order valence-electron chi connectivity index (χ0n) is 13.8. The van der Waals surface area contributed by atoms with Crippen LogP contribution in [0.5, 0.6) is 0 Å². The van der Waals surface area contributed by atoms with E-state index in [1.165, 1.54) is 11.8 Å². The lowest BCUT2D eigenvalue weighted by Gasteiger charge is -2.29. The molecule has 2 aromatic carbocycles. The zero-order valence-corrected chi connectivity index (χ0v) is 13.8. The summed E-state index contributed by atoms with van der Waals surface area (Å²) < 4.78 is 14.0. The topological polar surface area (TPSA) is 41.0 Å². The van der Waals surface area contributed by atoms with Crippen LogP contribution in [-0.4, -0.2) is 36.4 Å². The van der Waals surface area contributed by atoms with Gasteiger partial charge in [-0.05, 0) is 35.9 Å². The van der Waals surface area contributed by atoms with Crippen LogP contribution in [-0.2, 0) is 0 Å². The van der Waals surface area contributed by atoms with Crippen LogP contribution < -0.4 is 10.2 Å². The van der Waals surface area contributed by atoms with Gasteiger partial charge >= 0.3 is 0 Å². The van der Waals surface area contributed by atoms with Crippen molar-refractivity contribution in [2.45, 2.75) is 0 Å². The standard InChI is InChI=1S/C20H19FN4/c21-19-4-2-1-3-18(19)20-13-16(14-23-24-20)15-5-7-17(8-6-15)25-11-9-22-10-12-25/h1-8,13-14,22H,9-12H2. The molecule has 126 valence electrons. The van der Waals surface area contributed by atoms with Crippen LogP contribution in [0.1, 0.15) is 0 Å². The highest BCUT2D eigenvalue weighted by molar-refractivity contribution is 5.71. The van der Waals surface area contributed by atoms with E-state index in [-0.39, 0.29) is 5.82 Å². The predicted octanol–water partition coefficient (Wildman–Crippen LogP) is 3.36. The molecule has 0 radical (unpaired) electrons. The second kappa shape index (κ2) is 6.99. The maximum atomic E-state index is 14.0. The van der Waals surface area contributed by atoms with Crippen molar-refractivity contribution in [2.24, 2.45) is 0 Å². The van der Waals surface area contributed by atoms with Crippen molar-refractivity contribution in [2.75, 3.05) is 31.1 Å². The first-order chi connectivity index (χ1) is 12.3. The first-order valence-corrected chi connectivity index (χ1v) is 8.45. The van der Waals surface area contributed by atoms with Gasteiger partial charge in [0.2, 0.25) is 0 Å². The van der Waals surface area contributed by atoms with Crippen LogP contribution in [0.3, 0.4) is 0 Å². The summed E-state index contributed by atoms with van der Waals surface area (Å²) in [7, 11) is 0. The van der Waals surface area contributed by atoms with Crippen LogP contribution in [0, 0.1) is 5.82 Å². The highest BCUT2D eigenvalue weighted by Gasteiger charge is 2.11. The quantitative estimate of drug-likeness (QED) is 0.797. The third kappa shape index (κ3) is 3.37. The molecule has 5 heteroatoms. The molecule has 1 aliphatic heterocycles. The maximum Gasteiger partial charge on any atom is 0.132 e. The Hall–Kier alpha value is -2.79. The summed E-state index contributed by atoms with van der Waals surface area (Å²) in [6.45, 7) is 4.07. The van der Waals surface area contributed by atoms with Gasteiger partial charge in [0.15, 0.2) is 0 Å². The van der Waals surface area contributed by atoms with Crippen LogP contribution in [0.4, 0.5) is 10.1 Å². The van der Waals surface area contributed by atoms with E-state index < -0.39 is 0 Å². The normalized spacial score (nSPS) is 14.5. The van der Waals surface area contributed by atoms with Crippen molar-refractivity contribution in [3.8, 4) is 22.4 Å². The monoisotopic (exact) mass is 334 g/mol. The Morgan fingerprint density at radius 1 is 0.920 bits per heavy atom. The van der Waals surface area contributed by atoms with Crippen LogP contribution in [0.2, 0.25) is 0 Å². The molecule has 0 atom stereocenters. The molecule has 25 heavy (non-hydrogen) atoms. The lowest BCUT2D eigenvalue weighted by Crippen LogP contribution is -2.43. The number of anilines is 1. The maximum absolute atomic E-state index is 14.0. The second-order valence-electron chi connectivity index (χ2n) is 6.09. The van der Waals surface area contributed by atoms with E-state index in [1.807, 2.05) is 6.07 Å². The SMILES string of the molecule is Fc1ccccc1-c1cc(-c2ccc(N3CCNCC3)cc2)cnn1. The molecule has 1 N–H and O–H groups in total. The first-order valence-electron chi connectivity index (χ1n) is 8.45. The van der Waals surface area contributed by atoms with Crippen LogP contribution >= 0.6 is 0 Å². The molecular formula is C20H19FN4. The Kier molecular flexibility index (Phi) is 4.39. The Balaban J connectivity index is 1.62. The van der Waals surface area contributed by atoms with Gasteiger partial charge in [-0.1, -0.05) is 24.3 Å². The summed E-state index contributed by atoms with van der Waals surface area (Å²) in [5.41, 5.74) is 4.21. The van der Waals surface area contributed by atoms with E-state index in [1.54, 1.807) is 24.4 Å². The molecule has 2 heterocycles. The molecule has 4 rings (SSSR count). The Morgan fingerprint density at radius 3 is 2.44 bits per heavy atom. The van der Waals surface area contributed by atoms with Crippen molar-refractivity contribution < 1.29 is 4.39 Å².